The maximum atomic E-state index is 5.60. The number of ether oxygens (including phenoxy) is 3. The lowest BCUT2D eigenvalue weighted by Crippen LogP contribution is -2.05. The van der Waals surface area contributed by atoms with Crippen LogP contribution in [0.5, 0.6) is 17.2 Å². The van der Waals surface area contributed by atoms with E-state index in [1.54, 1.807) is 21.3 Å². The molecule has 0 spiro atoms. The zero-order chi connectivity index (χ0) is 20.1. The summed E-state index contributed by atoms with van der Waals surface area (Å²) in [5.74, 6) is 2.27. The Balaban J connectivity index is 2.19. The van der Waals surface area contributed by atoms with Crippen LogP contribution in [0.1, 0.15) is 25.2 Å². The standard InChI is InChI=1S/C23H26N2O3/c1-6-19-22(15-9-8-10-16(13-15)26-3)24-20(7-2)23(25-19)18-12-11-17(27-4)14-21(18)28-5/h8-14H,6-7H2,1-5H3. The third kappa shape index (κ3) is 3.79. The van der Waals surface area contributed by atoms with E-state index in [9.17, 15) is 0 Å². The molecule has 0 unspecified atom stereocenters. The average molecular weight is 378 g/mol. The Hall–Kier alpha value is -3.08. The number of aromatic nitrogens is 2. The van der Waals surface area contributed by atoms with Crippen LogP contribution in [0.25, 0.3) is 22.5 Å². The lowest BCUT2D eigenvalue weighted by molar-refractivity contribution is 0.395. The number of benzene rings is 2. The molecule has 0 atom stereocenters. The van der Waals surface area contributed by atoms with Gasteiger partial charge in [0.1, 0.15) is 17.2 Å². The normalized spacial score (nSPS) is 10.6. The van der Waals surface area contributed by atoms with E-state index < -0.39 is 0 Å². The fourth-order valence-corrected chi connectivity index (χ4v) is 3.21. The molecule has 0 saturated heterocycles. The minimum atomic E-state index is 0.722. The van der Waals surface area contributed by atoms with Crippen LogP contribution in [-0.4, -0.2) is 31.3 Å². The van der Waals surface area contributed by atoms with Crippen molar-refractivity contribution in [3.8, 4) is 39.8 Å². The van der Waals surface area contributed by atoms with Gasteiger partial charge < -0.3 is 14.2 Å². The zero-order valence-corrected chi connectivity index (χ0v) is 17.1. The predicted octanol–water partition coefficient (Wildman–Crippen LogP) is 4.96. The molecule has 0 saturated carbocycles. The summed E-state index contributed by atoms with van der Waals surface area (Å²) in [5, 5.41) is 0. The van der Waals surface area contributed by atoms with Gasteiger partial charge in [0.15, 0.2) is 0 Å². The van der Waals surface area contributed by atoms with Gasteiger partial charge in [-0.3, -0.25) is 0 Å². The Kier molecular flexibility index (Phi) is 6.14. The first-order valence-electron chi connectivity index (χ1n) is 9.41. The second-order valence-electron chi connectivity index (χ2n) is 6.32. The first kappa shape index (κ1) is 19.7. The second kappa shape index (κ2) is 8.74. The number of hydrogen-bond acceptors (Lipinski definition) is 5. The monoisotopic (exact) mass is 378 g/mol. The Bertz CT molecular complexity index is 970. The van der Waals surface area contributed by atoms with Crippen molar-refractivity contribution in [3.63, 3.8) is 0 Å². The SMILES string of the molecule is CCc1nc(-c2ccc(OC)cc2OC)c(CC)nc1-c1cccc(OC)c1. The van der Waals surface area contributed by atoms with Gasteiger partial charge >= 0.3 is 0 Å². The van der Waals surface area contributed by atoms with E-state index in [1.807, 2.05) is 42.5 Å². The van der Waals surface area contributed by atoms with Crippen molar-refractivity contribution in [3.05, 3.63) is 53.9 Å². The number of hydrogen-bond donors (Lipinski definition) is 0. The maximum Gasteiger partial charge on any atom is 0.132 e. The number of methoxy groups -OCH3 is 3. The molecule has 0 fully saturated rings. The molecular formula is C23H26N2O3. The largest absolute Gasteiger partial charge is 0.497 e. The van der Waals surface area contributed by atoms with E-state index in [1.165, 1.54) is 0 Å². The Morgan fingerprint density at radius 1 is 0.714 bits per heavy atom. The van der Waals surface area contributed by atoms with E-state index in [0.29, 0.717) is 0 Å². The molecule has 28 heavy (non-hydrogen) atoms. The van der Waals surface area contributed by atoms with E-state index >= 15 is 0 Å². The summed E-state index contributed by atoms with van der Waals surface area (Å²) in [6.45, 7) is 4.18. The zero-order valence-electron chi connectivity index (χ0n) is 17.1. The number of nitrogens with zero attached hydrogens (tertiary/aromatic N) is 2. The molecule has 5 heteroatoms. The molecule has 0 amide bonds. The molecule has 3 rings (SSSR count). The highest BCUT2D eigenvalue weighted by atomic mass is 16.5. The lowest BCUT2D eigenvalue weighted by Gasteiger charge is -2.16. The summed E-state index contributed by atoms with van der Waals surface area (Å²) in [5.41, 5.74) is 5.54. The number of rotatable bonds is 7. The molecule has 146 valence electrons. The fourth-order valence-electron chi connectivity index (χ4n) is 3.21. The van der Waals surface area contributed by atoms with E-state index in [4.69, 9.17) is 24.2 Å². The van der Waals surface area contributed by atoms with Gasteiger partial charge in [-0.25, -0.2) is 9.97 Å². The molecule has 0 aliphatic rings. The molecule has 0 N–H and O–H groups in total. The molecule has 0 aliphatic carbocycles. The highest BCUT2D eigenvalue weighted by Crippen LogP contribution is 2.36. The summed E-state index contributed by atoms with van der Waals surface area (Å²) in [7, 11) is 4.97. The van der Waals surface area contributed by atoms with Crippen molar-refractivity contribution in [2.45, 2.75) is 26.7 Å². The molecule has 5 nitrogen and oxygen atoms in total. The third-order valence-electron chi connectivity index (χ3n) is 4.72. The fraction of sp³-hybridized carbons (Fsp3) is 0.304. The van der Waals surface area contributed by atoms with Crippen molar-refractivity contribution in [2.75, 3.05) is 21.3 Å². The number of aryl methyl sites for hydroxylation is 2. The van der Waals surface area contributed by atoms with Crippen LogP contribution in [0.4, 0.5) is 0 Å². The first-order valence-corrected chi connectivity index (χ1v) is 9.41. The summed E-state index contributed by atoms with van der Waals surface area (Å²) < 4.78 is 16.3. The molecule has 3 aromatic rings. The van der Waals surface area contributed by atoms with Crippen molar-refractivity contribution >= 4 is 0 Å². The lowest BCUT2D eigenvalue weighted by atomic mass is 10.0. The van der Waals surface area contributed by atoms with Crippen LogP contribution in [-0.2, 0) is 12.8 Å². The molecule has 2 aromatic carbocycles. The molecule has 1 aromatic heterocycles. The van der Waals surface area contributed by atoms with Crippen molar-refractivity contribution in [1.82, 2.24) is 9.97 Å². The average Bonchev–Trinajstić information content (AvgIpc) is 2.77. The summed E-state index contributed by atoms with van der Waals surface area (Å²) in [6.07, 6.45) is 1.54. The van der Waals surface area contributed by atoms with E-state index in [-0.39, 0.29) is 0 Å². The molecule has 1 heterocycles. The van der Waals surface area contributed by atoms with E-state index in [2.05, 4.69) is 13.8 Å². The third-order valence-corrected chi connectivity index (χ3v) is 4.72. The van der Waals surface area contributed by atoms with Crippen LogP contribution in [0.2, 0.25) is 0 Å². The van der Waals surface area contributed by atoms with Gasteiger partial charge in [-0.05, 0) is 37.1 Å². The predicted molar refractivity (Wildman–Crippen MR) is 111 cm³/mol. The van der Waals surface area contributed by atoms with Gasteiger partial charge in [-0.2, -0.15) is 0 Å². The minimum absolute atomic E-state index is 0.722. The Morgan fingerprint density at radius 3 is 2.00 bits per heavy atom. The van der Waals surface area contributed by atoms with Crippen molar-refractivity contribution in [2.24, 2.45) is 0 Å². The Morgan fingerprint density at radius 2 is 1.36 bits per heavy atom. The molecule has 0 aliphatic heterocycles. The van der Waals surface area contributed by atoms with Crippen LogP contribution >= 0.6 is 0 Å². The quantitative estimate of drug-likeness (QED) is 0.581. The highest BCUT2D eigenvalue weighted by molar-refractivity contribution is 5.73. The van der Waals surface area contributed by atoms with Crippen LogP contribution in [0.3, 0.4) is 0 Å². The van der Waals surface area contributed by atoms with Crippen molar-refractivity contribution in [1.29, 1.82) is 0 Å². The first-order chi connectivity index (χ1) is 13.6. The van der Waals surface area contributed by atoms with Gasteiger partial charge in [-0.15, -0.1) is 0 Å². The van der Waals surface area contributed by atoms with E-state index in [0.717, 1.165) is 64.0 Å². The van der Waals surface area contributed by atoms with Crippen LogP contribution < -0.4 is 14.2 Å². The smallest absolute Gasteiger partial charge is 0.132 e. The van der Waals surface area contributed by atoms with Gasteiger partial charge in [-0.1, -0.05) is 26.0 Å². The second-order valence-corrected chi connectivity index (χ2v) is 6.32. The molecule has 0 radical (unpaired) electrons. The summed E-state index contributed by atoms with van der Waals surface area (Å²) in [6, 6.07) is 13.7. The van der Waals surface area contributed by atoms with Crippen LogP contribution in [0, 0.1) is 0 Å². The maximum absolute atomic E-state index is 5.60. The molecule has 0 bridgehead atoms. The van der Waals surface area contributed by atoms with Gasteiger partial charge in [0, 0.05) is 17.2 Å². The highest BCUT2D eigenvalue weighted by Gasteiger charge is 2.18. The summed E-state index contributed by atoms with van der Waals surface area (Å²) >= 11 is 0. The Labute approximate surface area is 166 Å². The molecular weight excluding hydrogens is 352 g/mol. The topological polar surface area (TPSA) is 53.5 Å². The van der Waals surface area contributed by atoms with Crippen molar-refractivity contribution < 1.29 is 14.2 Å². The van der Waals surface area contributed by atoms with Gasteiger partial charge in [0.2, 0.25) is 0 Å². The van der Waals surface area contributed by atoms with Gasteiger partial charge in [0.05, 0.1) is 44.1 Å². The minimum Gasteiger partial charge on any atom is -0.497 e. The van der Waals surface area contributed by atoms with Gasteiger partial charge in [0.25, 0.3) is 0 Å². The van der Waals surface area contributed by atoms with Crippen LogP contribution in [0.15, 0.2) is 42.5 Å². The summed E-state index contributed by atoms with van der Waals surface area (Å²) in [4.78, 5) is 10.0.